The number of rotatable bonds is 7. The quantitative estimate of drug-likeness (QED) is 0.241. The maximum Gasteiger partial charge on any atom is 0.191 e. The molecule has 2 N–H and O–H groups in total. The fraction of sp³-hybridized carbons (Fsp3) is 0.533. The Kier molecular flexibility index (Phi) is 9.16. The monoisotopic (exact) mass is 405 g/mol. The molecule has 0 spiro atoms. The van der Waals surface area contributed by atoms with Crippen molar-refractivity contribution in [1.29, 1.82) is 0 Å². The summed E-state index contributed by atoms with van der Waals surface area (Å²) < 4.78 is 10.7. The van der Waals surface area contributed by atoms with Gasteiger partial charge in [-0.1, -0.05) is 12.2 Å². The topological polar surface area (TPSA) is 58.8 Å². The van der Waals surface area contributed by atoms with E-state index in [9.17, 15) is 0 Å². The Bertz CT molecular complexity index is 424. The number of hydrogen-bond donors (Lipinski definition) is 2. The van der Waals surface area contributed by atoms with Crippen LogP contribution in [0.15, 0.2) is 40.0 Å². The molecule has 1 aromatic rings. The van der Waals surface area contributed by atoms with Crippen molar-refractivity contribution in [2.75, 3.05) is 20.2 Å². The second-order valence-corrected chi connectivity index (χ2v) is 4.77. The molecule has 118 valence electrons. The number of ether oxygens (including phenoxy) is 1. The van der Waals surface area contributed by atoms with Crippen LogP contribution in [0.4, 0.5) is 0 Å². The minimum atomic E-state index is 0. The molecule has 0 aromatic carbocycles. The van der Waals surface area contributed by atoms with E-state index in [1.165, 1.54) is 0 Å². The minimum Gasteiger partial charge on any atom is -0.467 e. The molecule has 1 heterocycles. The summed E-state index contributed by atoms with van der Waals surface area (Å²) in [6.07, 6.45) is 9.15. The molecule has 1 aliphatic rings. The van der Waals surface area contributed by atoms with Crippen LogP contribution >= 0.6 is 24.0 Å². The fourth-order valence-corrected chi connectivity index (χ4v) is 2.07. The first-order valence-corrected chi connectivity index (χ1v) is 7.11. The number of nitrogens with zero attached hydrogens (tertiary/aromatic N) is 1. The van der Waals surface area contributed by atoms with E-state index in [0.717, 1.165) is 37.5 Å². The molecule has 0 unspecified atom stereocenters. The number of guanidine groups is 1. The summed E-state index contributed by atoms with van der Waals surface area (Å²) in [6.45, 7) is 2.08. The predicted octanol–water partition coefficient (Wildman–Crippen LogP) is 2.69. The fourth-order valence-electron chi connectivity index (χ4n) is 2.07. The molecule has 0 aliphatic heterocycles. The molecule has 0 amide bonds. The first-order chi connectivity index (χ1) is 9.88. The summed E-state index contributed by atoms with van der Waals surface area (Å²) in [6, 6.07) is 4.27. The van der Waals surface area contributed by atoms with E-state index in [0.29, 0.717) is 19.3 Å². The van der Waals surface area contributed by atoms with Crippen LogP contribution in [0, 0.1) is 0 Å². The third-order valence-electron chi connectivity index (χ3n) is 3.15. The van der Waals surface area contributed by atoms with Gasteiger partial charge in [0.15, 0.2) is 5.96 Å². The van der Waals surface area contributed by atoms with Crippen LogP contribution in [0.3, 0.4) is 0 Å². The van der Waals surface area contributed by atoms with Crippen molar-refractivity contribution in [1.82, 2.24) is 10.6 Å². The number of halogens is 1. The van der Waals surface area contributed by atoms with Crippen molar-refractivity contribution in [2.24, 2.45) is 4.99 Å². The zero-order valence-corrected chi connectivity index (χ0v) is 14.7. The first-order valence-electron chi connectivity index (χ1n) is 7.11. The van der Waals surface area contributed by atoms with Crippen molar-refractivity contribution in [3.63, 3.8) is 0 Å². The molecule has 0 radical (unpaired) electrons. The normalized spacial score (nSPS) is 15.0. The van der Waals surface area contributed by atoms with Crippen LogP contribution in [0.5, 0.6) is 0 Å². The van der Waals surface area contributed by atoms with E-state index >= 15 is 0 Å². The molecule has 0 saturated carbocycles. The molecule has 1 aliphatic carbocycles. The van der Waals surface area contributed by atoms with Gasteiger partial charge in [-0.05, 0) is 31.4 Å². The summed E-state index contributed by atoms with van der Waals surface area (Å²) in [5, 5.41) is 6.70. The largest absolute Gasteiger partial charge is 0.467 e. The van der Waals surface area contributed by atoms with Gasteiger partial charge in [0, 0.05) is 26.2 Å². The maximum absolute atomic E-state index is 5.52. The van der Waals surface area contributed by atoms with Crippen LogP contribution < -0.4 is 10.6 Å². The standard InChI is InChI=1S/C15H23N3O2.HI/c1-16-15(18-13-6-2-3-7-13)17-9-5-10-19-12-14-8-4-11-20-14;/h2-4,8,11,13H,5-7,9-10,12H2,1H3,(H2,16,17,18);1H. The van der Waals surface area contributed by atoms with E-state index in [1.807, 2.05) is 12.1 Å². The average molecular weight is 405 g/mol. The Labute approximate surface area is 143 Å². The third-order valence-corrected chi connectivity index (χ3v) is 3.15. The van der Waals surface area contributed by atoms with E-state index < -0.39 is 0 Å². The smallest absolute Gasteiger partial charge is 0.191 e. The molecule has 0 bridgehead atoms. The Morgan fingerprint density at radius 1 is 1.43 bits per heavy atom. The second-order valence-electron chi connectivity index (χ2n) is 4.77. The van der Waals surface area contributed by atoms with E-state index in [1.54, 1.807) is 13.3 Å². The molecule has 2 rings (SSSR count). The Morgan fingerprint density at radius 3 is 2.90 bits per heavy atom. The highest BCUT2D eigenvalue weighted by Gasteiger charge is 2.10. The Morgan fingerprint density at radius 2 is 2.24 bits per heavy atom. The van der Waals surface area contributed by atoms with Crippen molar-refractivity contribution in [2.45, 2.75) is 31.9 Å². The van der Waals surface area contributed by atoms with Crippen molar-refractivity contribution >= 4 is 29.9 Å². The molecule has 5 nitrogen and oxygen atoms in total. The Hall–Kier alpha value is -1.02. The highest BCUT2D eigenvalue weighted by Crippen LogP contribution is 2.08. The van der Waals surface area contributed by atoms with Gasteiger partial charge in [0.25, 0.3) is 0 Å². The number of hydrogen-bond acceptors (Lipinski definition) is 3. The summed E-state index contributed by atoms with van der Waals surface area (Å²) in [4.78, 5) is 4.22. The van der Waals surface area contributed by atoms with Crippen LogP contribution in [0.2, 0.25) is 0 Å². The average Bonchev–Trinajstić information content (AvgIpc) is 3.14. The van der Waals surface area contributed by atoms with Gasteiger partial charge in [0.05, 0.1) is 6.26 Å². The Balaban J connectivity index is 0.00000220. The zero-order chi connectivity index (χ0) is 14.0. The van der Waals surface area contributed by atoms with Gasteiger partial charge in [-0.25, -0.2) is 0 Å². The van der Waals surface area contributed by atoms with E-state index in [2.05, 4.69) is 27.8 Å². The molecule has 0 fully saturated rings. The minimum absolute atomic E-state index is 0. The van der Waals surface area contributed by atoms with Gasteiger partial charge in [0.2, 0.25) is 0 Å². The maximum atomic E-state index is 5.52. The second kappa shape index (κ2) is 10.7. The van der Waals surface area contributed by atoms with Crippen molar-refractivity contribution in [3.8, 4) is 0 Å². The van der Waals surface area contributed by atoms with Crippen molar-refractivity contribution < 1.29 is 9.15 Å². The van der Waals surface area contributed by atoms with Gasteiger partial charge >= 0.3 is 0 Å². The van der Waals surface area contributed by atoms with E-state index in [-0.39, 0.29) is 24.0 Å². The lowest BCUT2D eigenvalue weighted by Gasteiger charge is -2.16. The van der Waals surface area contributed by atoms with Crippen LogP contribution in [0.1, 0.15) is 25.0 Å². The molecular weight excluding hydrogens is 381 g/mol. The summed E-state index contributed by atoms with van der Waals surface area (Å²) >= 11 is 0. The first kappa shape index (κ1) is 18.0. The molecule has 21 heavy (non-hydrogen) atoms. The lowest BCUT2D eigenvalue weighted by molar-refractivity contribution is 0.105. The van der Waals surface area contributed by atoms with Gasteiger partial charge in [-0.3, -0.25) is 4.99 Å². The SMILES string of the molecule is CN=C(NCCCOCc1ccco1)NC1CC=CC1.I. The van der Waals surface area contributed by atoms with E-state index in [4.69, 9.17) is 9.15 Å². The van der Waals surface area contributed by atoms with Crippen LogP contribution in [-0.4, -0.2) is 32.2 Å². The zero-order valence-electron chi connectivity index (χ0n) is 12.4. The van der Waals surface area contributed by atoms with Gasteiger partial charge < -0.3 is 19.8 Å². The van der Waals surface area contributed by atoms with Gasteiger partial charge in [-0.15, -0.1) is 24.0 Å². The van der Waals surface area contributed by atoms with Crippen LogP contribution in [0.25, 0.3) is 0 Å². The third kappa shape index (κ3) is 6.99. The summed E-state index contributed by atoms with van der Waals surface area (Å²) in [7, 11) is 1.80. The van der Waals surface area contributed by atoms with Crippen LogP contribution in [-0.2, 0) is 11.3 Å². The number of nitrogens with one attached hydrogen (secondary N) is 2. The molecular formula is C15H24IN3O2. The highest BCUT2D eigenvalue weighted by atomic mass is 127. The lowest BCUT2D eigenvalue weighted by Crippen LogP contribution is -2.42. The predicted molar refractivity (Wildman–Crippen MR) is 95.1 cm³/mol. The summed E-state index contributed by atoms with van der Waals surface area (Å²) in [5.74, 6) is 1.73. The van der Waals surface area contributed by atoms with Gasteiger partial charge in [0.1, 0.15) is 12.4 Å². The number of aliphatic imine (C=N–C) groups is 1. The summed E-state index contributed by atoms with van der Waals surface area (Å²) in [5.41, 5.74) is 0. The van der Waals surface area contributed by atoms with Gasteiger partial charge in [-0.2, -0.15) is 0 Å². The molecule has 0 atom stereocenters. The number of furan rings is 1. The molecule has 6 heteroatoms. The molecule has 0 saturated heterocycles. The highest BCUT2D eigenvalue weighted by molar-refractivity contribution is 14.0. The van der Waals surface area contributed by atoms with Crippen molar-refractivity contribution in [3.05, 3.63) is 36.3 Å². The molecule has 1 aromatic heterocycles. The lowest BCUT2D eigenvalue weighted by atomic mass is 10.2.